The number of hydrogen-bond donors (Lipinski definition) is 0. The third-order valence-corrected chi connectivity index (χ3v) is 5.19. The van der Waals surface area contributed by atoms with Crippen molar-refractivity contribution in [3.63, 3.8) is 0 Å². The number of aryl methyl sites for hydroxylation is 1. The molecule has 0 nitrogen and oxygen atoms in total. The summed E-state index contributed by atoms with van der Waals surface area (Å²) in [6.45, 7) is 4.42. The van der Waals surface area contributed by atoms with Gasteiger partial charge in [0.25, 0.3) is 0 Å². The van der Waals surface area contributed by atoms with Gasteiger partial charge in [0, 0.05) is 5.92 Å². The maximum Gasteiger partial charge on any atom is 0.00271 e. The summed E-state index contributed by atoms with van der Waals surface area (Å²) in [6, 6.07) is 15.8. The second-order valence-electron chi connectivity index (χ2n) is 7.00. The fourth-order valence-corrected chi connectivity index (χ4v) is 3.90. The zero-order valence-corrected chi connectivity index (χ0v) is 14.5. The van der Waals surface area contributed by atoms with Crippen LogP contribution in [-0.4, -0.2) is 0 Å². The molecule has 120 valence electrons. The fourth-order valence-electron chi connectivity index (χ4n) is 3.90. The molecule has 2 aromatic carbocycles. The molecule has 0 heteroatoms. The molecule has 1 unspecified atom stereocenters. The second-order valence-corrected chi connectivity index (χ2v) is 7.00. The Kier molecular flexibility index (Phi) is 3.98. The van der Waals surface area contributed by atoms with Crippen LogP contribution in [0.5, 0.6) is 0 Å². The van der Waals surface area contributed by atoms with Crippen LogP contribution in [0.25, 0.3) is 17.2 Å². The largest absolute Gasteiger partial charge is 0.0764 e. The summed E-state index contributed by atoms with van der Waals surface area (Å²) in [7, 11) is 0. The smallest absolute Gasteiger partial charge is 0.00271 e. The molecular weight excluding hydrogens is 288 g/mol. The average Bonchev–Trinajstić information content (AvgIpc) is 3.22. The van der Waals surface area contributed by atoms with Gasteiger partial charge in [-0.2, -0.15) is 0 Å². The summed E-state index contributed by atoms with van der Waals surface area (Å²) < 4.78 is 0. The molecule has 0 spiro atoms. The van der Waals surface area contributed by atoms with Gasteiger partial charge < -0.3 is 0 Å². The van der Waals surface area contributed by atoms with Crippen molar-refractivity contribution in [2.45, 2.75) is 39.0 Å². The summed E-state index contributed by atoms with van der Waals surface area (Å²) in [6.07, 6.45) is 12.9. The maximum absolute atomic E-state index is 2.38. The Labute approximate surface area is 145 Å². The third kappa shape index (κ3) is 2.78. The summed E-state index contributed by atoms with van der Waals surface area (Å²) in [4.78, 5) is 0. The molecule has 0 bridgehead atoms. The molecule has 0 fully saturated rings. The third-order valence-electron chi connectivity index (χ3n) is 5.19. The molecule has 0 radical (unpaired) electrons. The summed E-state index contributed by atoms with van der Waals surface area (Å²) in [5, 5.41) is 0. The zero-order valence-electron chi connectivity index (χ0n) is 14.5. The predicted molar refractivity (Wildman–Crippen MR) is 105 cm³/mol. The van der Waals surface area contributed by atoms with Gasteiger partial charge in [0.2, 0.25) is 0 Å². The van der Waals surface area contributed by atoms with Gasteiger partial charge in [-0.25, -0.2) is 0 Å². The minimum absolute atomic E-state index is 0.623. The van der Waals surface area contributed by atoms with Crippen LogP contribution < -0.4 is 0 Å². The lowest BCUT2D eigenvalue weighted by Gasteiger charge is -2.11. The zero-order chi connectivity index (χ0) is 16.5. The van der Waals surface area contributed by atoms with Crippen LogP contribution in [0.3, 0.4) is 0 Å². The van der Waals surface area contributed by atoms with Crippen molar-refractivity contribution in [3.8, 4) is 0 Å². The Hall–Kier alpha value is -2.34. The minimum Gasteiger partial charge on any atom is -0.0764 e. The monoisotopic (exact) mass is 312 g/mol. The fraction of sp³-hybridized carbons (Fsp3) is 0.250. The highest BCUT2D eigenvalue weighted by Gasteiger charge is 2.18. The van der Waals surface area contributed by atoms with Crippen molar-refractivity contribution in [1.29, 1.82) is 0 Å². The van der Waals surface area contributed by atoms with Crippen molar-refractivity contribution in [2.24, 2.45) is 0 Å². The number of allylic oxidation sites excluding steroid dienone is 5. The highest BCUT2D eigenvalue weighted by molar-refractivity contribution is 5.90. The summed E-state index contributed by atoms with van der Waals surface area (Å²) >= 11 is 0. The van der Waals surface area contributed by atoms with Crippen LogP contribution in [0.15, 0.2) is 60.7 Å². The molecule has 4 rings (SSSR count). The van der Waals surface area contributed by atoms with Gasteiger partial charge in [-0.05, 0) is 59.2 Å². The van der Waals surface area contributed by atoms with E-state index in [1.807, 2.05) is 0 Å². The van der Waals surface area contributed by atoms with Crippen LogP contribution in [0.2, 0.25) is 0 Å². The summed E-state index contributed by atoms with van der Waals surface area (Å²) in [5.41, 5.74) is 9.72. The molecule has 0 saturated heterocycles. The first kappa shape index (κ1) is 15.2. The Morgan fingerprint density at radius 3 is 2.79 bits per heavy atom. The van der Waals surface area contributed by atoms with Gasteiger partial charge in [0.15, 0.2) is 0 Å². The molecule has 0 N–H and O–H groups in total. The summed E-state index contributed by atoms with van der Waals surface area (Å²) in [5.74, 6) is 0.623. The second kappa shape index (κ2) is 6.28. The first-order valence-electron chi connectivity index (χ1n) is 9.05. The van der Waals surface area contributed by atoms with Crippen LogP contribution in [0, 0.1) is 6.92 Å². The van der Waals surface area contributed by atoms with Crippen molar-refractivity contribution in [2.75, 3.05) is 0 Å². The quantitative estimate of drug-likeness (QED) is 0.584. The van der Waals surface area contributed by atoms with E-state index in [2.05, 4.69) is 80.6 Å². The molecule has 2 aromatic rings. The molecule has 0 aliphatic heterocycles. The average molecular weight is 312 g/mol. The van der Waals surface area contributed by atoms with E-state index in [4.69, 9.17) is 0 Å². The molecule has 0 aromatic heterocycles. The van der Waals surface area contributed by atoms with E-state index in [1.165, 1.54) is 51.8 Å². The predicted octanol–water partition coefficient (Wildman–Crippen LogP) is 6.78. The van der Waals surface area contributed by atoms with Gasteiger partial charge >= 0.3 is 0 Å². The first-order valence-corrected chi connectivity index (χ1v) is 9.05. The molecule has 0 saturated carbocycles. The van der Waals surface area contributed by atoms with Gasteiger partial charge in [-0.15, -0.1) is 0 Å². The SMILES string of the molecule is CCCC1C=Cc2cc(C3=CC(c4cccc(C)c4)=CC3)ccc21. The molecule has 2 aliphatic carbocycles. The highest BCUT2D eigenvalue weighted by atomic mass is 14.2. The van der Waals surface area contributed by atoms with Crippen molar-refractivity contribution < 1.29 is 0 Å². The number of benzene rings is 2. The maximum atomic E-state index is 2.38. The van der Waals surface area contributed by atoms with E-state index in [-0.39, 0.29) is 0 Å². The molecule has 1 atom stereocenters. The van der Waals surface area contributed by atoms with Gasteiger partial charge in [0.1, 0.15) is 0 Å². The molecule has 0 heterocycles. The van der Waals surface area contributed by atoms with E-state index in [0.717, 1.165) is 6.42 Å². The van der Waals surface area contributed by atoms with E-state index in [0.29, 0.717) is 5.92 Å². The number of fused-ring (bicyclic) bond motifs is 1. The minimum atomic E-state index is 0.623. The molecule has 24 heavy (non-hydrogen) atoms. The van der Waals surface area contributed by atoms with E-state index in [1.54, 1.807) is 0 Å². The lowest BCUT2D eigenvalue weighted by molar-refractivity contribution is 0.725. The highest BCUT2D eigenvalue weighted by Crippen LogP contribution is 2.37. The van der Waals surface area contributed by atoms with Crippen LogP contribution in [-0.2, 0) is 0 Å². The molecule has 2 aliphatic rings. The lowest BCUT2D eigenvalue weighted by atomic mass is 9.93. The standard InChI is InChI=1S/C24H24/c1-3-5-18-8-11-23-16-22(12-13-24(18)23)21-10-9-20(15-21)19-7-4-6-17(2)14-19/h4,6-9,11-16,18H,3,5,10H2,1-2H3. The van der Waals surface area contributed by atoms with Gasteiger partial charge in [0.05, 0.1) is 0 Å². The first-order chi connectivity index (χ1) is 11.7. The van der Waals surface area contributed by atoms with Gasteiger partial charge in [-0.3, -0.25) is 0 Å². The van der Waals surface area contributed by atoms with E-state index >= 15 is 0 Å². The van der Waals surface area contributed by atoms with Crippen molar-refractivity contribution in [1.82, 2.24) is 0 Å². The Morgan fingerprint density at radius 1 is 1.04 bits per heavy atom. The van der Waals surface area contributed by atoms with Crippen LogP contribution >= 0.6 is 0 Å². The molecular formula is C24H24. The van der Waals surface area contributed by atoms with Gasteiger partial charge in [-0.1, -0.05) is 79.6 Å². The van der Waals surface area contributed by atoms with Crippen LogP contribution in [0.1, 0.15) is 59.9 Å². The Morgan fingerprint density at radius 2 is 1.96 bits per heavy atom. The topological polar surface area (TPSA) is 0 Å². The normalized spacial score (nSPS) is 18.5. The van der Waals surface area contributed by atoms with E-state index in [9.17, 15) is 0 Å². The molecule has 0 amide bonds. The van der Waals surface area contributed by atoms with Crippen molar-refractivity contribution in [3.05, 3.63) is 88.5 Å². The lowest BCUT2D eigenvalue weighted by Crippen LogP contribution is -1.93. The van der Waals surface area contributed by atoms with Crippen LogP contribution in [0.4, 0.5) is 0 Å². The Balaban J connectivity index is 1.60. The number of hydrogen-bond acceptors (Lipinski definition) is 0. The van der Waals surface area contributed by atoms with Crippen molar-refractivity contribution >= 4 is 17.2 Å². The van der Waals surface area contributed by atoms with E-state index < -0.39 is 0 Å². The number of rotatable bonds is 4. The Bertz CT molecular complexity index is 861.